The van der Waals surface area contributed by atoms with E-state index in [2.05, 4.69) is 13.8 Å². The molecule has 1 aliphatic heterocycles. The van der Waals surface area contributed by atoms with E-state index < -0.39 is 36.8 Å². The topological polar surface area (TPSA) is 99.4 Å². The lowest BCUT2D eigenvalue weighted by Gasteiger charge is -2.48. The molecule has 1 unspecified atom stereocenters. The van der Waals surface area contributed by atoms with Crippen LogP contribution < -0.4 is 0 Å². The molecule has 0 amide bonds. The zero-order chi connectivity index (χ0) is 23.7. The van der Waals surface area contributed by atoms with Crippen LogP contribution in [-0.4, -0.2) is 63.8 Å². The minimum Gasteiger partial charge on any atom is -0.394 e. The van der Waals surface area contributed by atoms with Crippen molar-refractivity contribution in [2.24, 2.45) is 0 Å². The summed E-state index contributed by atoms with van der Waals surface area (Å²) in [6.07, 6.45) is 14.1. The molecule has 1 aliphatic rings. The number of hydrogen-bond donors (Lipinski definition) is 4. The van der Waals surface area contributed by atoms with Crippen LogP contribution in [0.5, 0.6) is 0 Å². The normalized spacial score (nSPS) is 28.3. The molecule has 0 aromatic rings. The maximum Gasteiger partial charge on any atom is 0.197 e. The first kappa shape index (κ1) is 29.8. The molecule has 0 saturated carbocycles. The quantitative estimate of drug-likeness (QED) is 0.194. The monoisotopic (exact) mass is 460 g/mol. The van der Waals surface area contributed by atoms with E-state index >= 15 is 0 Å². The van der Waals surface area contributed by atoms with Gasteiger partial charge >= 0.3 is 0 Å². The van der Waals surface area contributed by atoms with Gasteiger partial charge in [-0.05, 0) is 12.8 Å². The van der Waals surface area contributed by atoms with Crippen molar-refractivity contribution in [2.75, 3.05) is 13.2 Å². The summed E-state index contributed by atoms with van der Waals surface area (Å²) in [5.74, 6) is -1.37. The fourth-order valence-corrected chi connectivity index (χ4v) is 4.59. The van der Waals surface area contributed by atoms with Crippen LogP contribution in [0, 0.1) is 0 Å². The number of hydrogen-bond acceptors (Lipinski definition) is 6. The maximum absolute atomic E-state index is 10.8. The third-order valence-electron chi connectivity index (χ3n) is 6.76. The summed E-state index contributed by atoms with van der Waals surface area (Å²) in [7, 11) is 0. The van der Waals surface area contributed by atoms with Crippen LogP contribution >= 0.6 is 0 Å². The summed E-state index contributed by atoms with van der Waals surface area (Å²) in [5.41, 5.74) is 0. The third kappa shape index (κ3) is 10.8. The highest BCUT2D eigenvalue weighted by Crippen LogP contribution is 2.36. The molecule has 1 fully saturated rings. The number of rotatable bonds is 20. The van der Waals surface area contributed by atoms with Gasteiger partial charge in [0.15, 0.2) is 5.79 Å². The number of unbranched alkanes of at least 4 members (excludes halogenated alkanes) is 14. The molecule has 0 aliphatic carbocycles. The van der Waals surface area contributed by atoms with E-state index in [1.54, 1.807) is 0 Å². The predicted molar refractivity (Wildman–Crippen MR) is 128 cm³/mol. The Morgan fingerprint density at radius 3 is 1.62 bits per heavy atom. The Hall–Kier alpha value is -0.240. The van der Waals surface area contributed by atoms with Gasteiger partial charge in [0.05, 0.1) is 13.2 Å². The molecular weight excluding hydrogens is 408 g/mol. The van der Waals surface area contributed by atoms with E-state index in [0.29, 0.717) is 13.0 Å². The van der Waals surface area contributed by atoms with E-state index in [1.165, 1.54) is 70.6 Å². The first-order valence-corrected chi connectivity index (χ1v) is 13.5. The van der Waals surface area contributed by atoms with Crippen LogP contribution in [-0.2, 0) is 9.47 Å². The zero-order valence-electron chi connectivity index (χ0n) is 20.8. The van der Waals surface area contributed by atoms with Crippen molar-refractivity contribution in [1.82, 2.24) is 0 Å². The van der Waals surface area contributed by atoms with Crippen LogP contribution in [0.2, 0.25) is 0 Å². The molecular formula is C26H52O6. The van der Waals surface area contributed by atoms with Gasteiger partial charge < -0.3 is 29.9 Å². The Kier molecular flexibility index (Phi) is 16.9. The van der Waals surface area contributed by atoms with Crippen LogP contribution in [0.3, 0.4) is 0 Å². The van der Waals surface area contributed by atoms with Crippen LogP contribution in [0.25, 0.3) is 0 Å². The Morgan fingerprint density at radius 2 is 1.12 bits per heavy atom. The fourth-order valence-electron chi connectivity index (χ4n) is 4.59. The molecule has 5 atom stereocenters. The van der Waals surface area contributed by atoms with Crippen molar-refractivity contribution < 1.29 is 29.9 Å². The molecule has 4 N–H and O–H groups in total. The van der Waals surface area contributed by atoms with Crippen molar-refractivity contribution in [3.8, 4) is 0 Å². The van der Waals surface area contributed by atoms with E-state index in [9.17, 15) is 20.4 Å². The second kappa shape index (κ2) is 18.1. The van der Waals surface area contributed by atoms with Gasteiger partial charge in [-0.1, -0.05) is 104 Å². The molecule has 6 heteroatoms. The molecule has 6 nitrogen and oxygen atoms in total. The average molecular weight is 461 g/mol. The van der Waals surface area contributed by atoms with Crippen LogP contribution in [0.1, 0.15) is 123 Å². The molecule has 0 radical (unpaired) electrons. The summed E-state index contributed by atoms with van der Waals surface area (Å²) in [6, 6.07) is 0. The lowest BCUT2D eigenvalue weighted by molar-refractivity contribution is -0.366. The van der Waals surface area contributed by atoms with E-state index in [4.69, 9.17) is 9.47 Å². The summed E-state index contributed by atoms with van der Waals surface area (Å²) in [6.45, 7) is 4.45. The molecule has 1 rings (SSSR count). The lowest BCUT2D eigenvalue weighted by Crippen LogP contribution is -2.66. The molecule has 0 spiro atoms. The number of ether oxygens (including phenoxy) is 2. The van der Waals surface area contributed by atoms with E-state index in [0.717, 1.165) is 32.1 Å². The first-order chi connectivity index (χ1) is 15.5. The van der Waals surface area contributed by atoms with Crippen LogP contribution in [0.4, 0.5) is 0 Å². The molecule has 0 aromatic heterocycles. The third-order valence-corrected chi connectivity index (χ3v) is 6.76. The van der Waals surface area contributed by atoms with Gasteiger partial charge in [0.2, 0.25) is 0 Å². The minimum atomic E-state index is -1.39. The second-order valence-electron chi connectivity index (χ2n) is 9.62. The van der Waals surface area contributed by atoms with Crippen molar-refractivity contribution in [3.05, 3.63) is 0 Å². The van der Waals surface area contributed by atoms with Crippen molar-refractivity contribution >= 4 is 0 Å². The standard InChI is InChI=1S/C26H52O6/c1-3-5-7-9-11-13-15-17-19-26(25(30)24(29)23(28)22(21-27)32-26)31-20-18-16-14-12-10-8-6-4-2/h22-25,27-30H,3-21H2,1-2H3/t22-,23+,24+,25-,26?/m1/s1. The van der Waals surface area contributed by atoms with Crippen molar-refractivity contribution in [2.45, 2.75) is 153 Å². The molecule has 1 saturated heterocycles. The smallest absolute Gasteiger partial charge is 0.197 e. The van der Waals surface area contributed by atoms with E-state index in [-0.39, 0.29) is 0 Å². The van der Waals surface area contributed by atoms with Gasteiger partial charge in [-0.25, -0.2) is 0 Å². The Balaban J connectivity index is 2.48. The van der Waals surface area contributed by atoms with Gasteiger partial charge in [0.1, 0.15) is 24.4 Å². The molecule has 192 valence electrons. The highest BCUT2D eigenvalue weighted by Gasteiger charge is 2.53. The summed E-state index contributed by atoms with van der Waals surface area (Å²) in [5, 5.41) is 40.9. The van der Waals surface area contributed by atoms with Gasteiger partial charge in [-0.3, -0.25) is 0 Å². The second-order valence-corrected chi connectivity index (χ2v) is 9.62. The summed E-state index contributed by atoms with van der Waals surface area (Å²) >= 11 is 0. The summed E-state index contributed by atoms with van der Waals surface area (Å²) in [4.78, 5) is 0. The maximum atomic E-state index is 10.8. The fraction of sp³-hybridized carbons (Fsp3) is 1.00. The molecule has 0 bridgehead atoms. The SMILES string of the molecule is CCCCCCCCCCOC1(CCCCCCCCCC)O[C@H](CO)[C@H](O)[C@H](O)[C@H]1O. The van der Waals surface area contributed by atoms with E-state index in [1.807, 2.05) is 0 Å². The van der Waals surface area contributed by atoms with Crippen molar-refractivity contribution in [1.29, 1.82) is 0 Å². The molecule has 1 heterocycles. The first-order valence-electron chi connectivity index (χ1n) is 13.5. The minimum absolute atomic E-state index is 0.425. The highest BCUT2D eigenvalue weighted by molar-refractivity contribution is 4.97. The zero-order valence-corrected chi connectivity index (χ0v) is 20.8. The van der Waals surface area contributed by atoms with Gasteiger partial charge in [0.25, 0.3) is 0 Å². The summed E-state index contributed by atoms with van der Waals surface area (Å²) < 4.78 is 12.0. The average Bonchev–Trinajstić information content (AvgIpc) is 2.80. The van der Waals surface area contributed by atoms with Gasteiger partial charge in [-0.15, -0.1) is 0 Å². The largest absolute Gasteiger partial charge is 0.394 e. The Morgan fingerprint density at radius 1 is 0.656 bits per heavy atom. The molecule has 32 heavy (non-hydrogen) atoms. The van der Waals surface area contributed by atoms with Crippen molar-refractivity contribution in [3.63, 3.8) is 0 Å². The van der Waals surface area contributed by atoms with Gasteiger partial charge in [-0.2, -0.15) is 0 Å². The lowest BCUT2D eigenvalue weighted by atomic mass is 9.89. The predicted octanol–water partition coefficient (Wildman–Crippen LogP) is 4.84. The molecule has 0 aromatic carbocycles. The Labute approximate surface area is 196 Å². The Bertz CT molecular complexity index is 433. The van der Waals surface area contributed by atoms with Crippen LogP contribution in [0.15, 0.2) is 0 Å². The van der Waals surface area contributed by atoms with Gasteiger partial charge in [0, 0.05) is 6.42 Å². The number of aliphatic hydroxyl groups excluding tert-OH is 4. The highest BCUT2D eigenvalue weighted by atomic mass is 16.7. The number of aliphatic hydroxyl groups is 4.